The van der Waals surface area contributed by atoms with Crippen molar-refractivity contribution in [2.75, 3.05) is 7.11 Å². The van der Waals surface area contributed by atoms with Crippen LogP contribution in [-0.4, -0.2) is 37.2 Å². The van der Waals surface area contributed by atoms with Crippen LogP contribution in [0.25, 0.3) is 11.1 Å². The second-order valence-electron chi connectivity index (χ2n) is 9.01. The van der Waals surface area contributed by atoms with Gasteiger partial charge in [0, 0.05) is 24.1 Å². The molecule has 0 atom stereocenters. The fraction of sp³-hybridized carbons (Fsp3) is 0.233. The van der Waals surface area contributed by atoms with E-state index in [0.29, 0.717) is 41.8 Å². The Morgan fingerprint density at radius 2 is 1.59 bits per heavy atom. The molecule has 202 valence electrons. The van der Waals surface area contributed by atoms with Gasteiger partial charge >= 0.3 is 5.97 Å². The van der Waals surface area contributed by atoms with Gasteiger partial charge in [0.05, 0.1) is 23.4 Å². The predicted octanol–water partition coefficient (Wildman–Crippen LogP) is 5.02. The quantitative estimate of drug-likeness (QED) is 0.281. The lowest BCUT2D eigenvalue weighted by molar-refractivity contribution is 0.0598. The molecule has 0 fully saturated rings. The van der Waals surface area contributed by atoms with Crippen LogP contribution in [-0.2, 0) is 34.1 Å². The second-order valence-corrected chi connectivity index (χ2v) is 10.7. The Hall–Kier alpha value is -4.24. The van der Waals surface area contributed by atoms with Crippen LogP contribution < -0.4 is 4.72 Å². The molecule has 4 aromatic rings. The van der Waals surface area contributed by atoms with E-state index in [1.807, 2.05) is 35.9 Å². The van der Waals surface area contributed by atoms with Gasteiger partial charge in [-0.05, 0) is 42.2 Å². The molecule has 0 aliphatic heterocycles. The van der Waals surface area contributed by atoms with E-state index in [1.165, 1.54) is 13.2 Å². The molecule has 39 heavy (non-hydrogen) atoms. The topological polar surface area (TPSA) is 107 Å². The maximum Gasteiger partial charge on any atom is 0.341 e. The van der Waals surface area contributed by atoms with Crippen molar-refractivity contribution in [1.29, 1.82) is 0 Å². The number of hydrogen-bond acceptors (Lipinski definition) is 6. The number of nitrogens with zero attached hydrogens (tertiary/aromatic N) is 2. The summed E-state index contributed by atoms with van der Waals surface area (Å²) in [7, 11) is -2.77. The van der Waals surface area contributed by atoms with Crippen molar-refractivity contribution >= 4 is 21.9 Å². The molecule has 0 radical (unpaired) electrons. The number of aryl methyl sites for hydroxylation is 2. The Balaban J connectivity index is 1.64. The lowest BCUT2D eigenvalue weighted by Crippen LogP contribution is -2.30. The molecule has 0 spiro atoms. The first-order chi connectivity index (χ1) is 18.8. The number of amides is 1. The van der Waals surface area contributed by atoms with Crippen molar-refractivity contribution in [1.82, 2.24) is 14.5 Å². The number of hydrogen-bond donors (Lipinski definition) is 1. The summed E-state index contributed by atoms with van der Waals surface area (Å²) in [5.74, 6) is -1.10. The number of carbonyl (C=O) groups is 2. The molecule has 1 amide bonds. The molecule has 1 N–H and O–H groups in total. The van der Waals surface area contributed by atoms with Gasteiger partial charge in [-0.2, -0.15) is 5.10 Å². The molecule has 0 unspecified atom stereocenters. The van der Waals surface area contributed by atoms with Gasteiger partial charge in [-0.25, -0.2) is 17.9 Å². The van der Waals surface area contributed by atoms with Gasteiger partial charge in [-0.3, -0.25) is 9.48 Å². The van der Waals surface area contributed by atoms with E-state index in [1.54, 1.807) is 48.5 Å². The summed E-state index contributed by atoms with van der Waals surface area (Å²) in [6.45, 7) is 4.69. The summed E-state index contributed by atoms with van der Waals surface area (Å²) >= 11 is 0. The van der Waals surface area contributed by atoms with Crippen LogP contribution in [0.3, 0.4) is 0 Å². The summed E-state index contributed by atoms with van der Waals surface area (Å²) < 4.78 is 35.5. The lowest BCUT2D eigenvalue weighted by Gasteiger charge is -2.13. The predicted molar refractivity (Wildman–Crippen MR) is 149 cm³/mol. The number of aromatic nitrogens is 2. The smallest absolute Gasteiger partial charge is 0.341 e. The maximum atomic E-state index is 13.2. The number of sulfonamides is 1. The van der Waals surface area contributed by atoms with Crippen molar-refractivity contribution in [3.8, 4) is 11.1 Å². The molecule has 4 rings (SSSR count). The van der Waals surface area contributed by atoms with Gasteiger partial charge in [-0.15, -0.1) is 0 Å². The summed E-state index contributed by atoms with van der Waals surface area (Å²) in [4.78, 5) is 25.2. The van der Waals surface area contributed by atoms with Gasteiger partial charge in [0.1, 0.15) is 5.56 Å². The van der Waals surface area contributed by atoms with Crippen molar-refractivity contribution in [2.24, 2.45) is 0 Å². The molecule has 0 saturated carbocycles. The van der Waals surface area contributed by atoms with Gasteiger partial charge in [0.25, 0.3) is 15.9 Å². The highest BCUT2D eigenvalue weighted by atomic mass is 32.2. The van der Waals surface area contributed by atoms with E-state index in [-0.39, 0.29) is 10.5 Å². The second kappa shape index (κ2) is 12.1. The number of esters is 1. The first-order valence-electron chi connectivity index (χ1n) is 12.8. The number of rotatable bonds is 10. The van der Waals surface area contributed by atoms with Crippen LogP contribution in [0.2, 0.25) is 0 Å². The van der Waals surface area contributed by atoms with Crippen molar-refractivity contribution in [3.05, 3.63) is 107 Å². The first-order valence-corrected chi connectivity index (χ1v) is 14.2. The van der Waals surface area contributed by atoms with Gasteiger partial charge in [0.2, 0.25) is 0 Å². The van der Waals surface area contributed by atoms with Crippen LogP contribution in [0, 0.1) is 0 Å². The zero-order valence-electron chi connectivity index (χ0n) is 22.2. The van der Waals surface area contributed by atoms with Gasteiger partial charge < -0.3 is 4.74 Å². The van der Waals surface area contributed by atoms with E-state index in [2.05, 4.69) is 16.7 Å². The third-order valence-corrected chi connectivity index (χ3v) is 7.76. The Morgan fingerprint density at radius 1 is 0.923 bits per heavy atom. The molecule has 0 aliphatic rings. The summed E-state index contributed by atoms with van der Waals surface area (Å²) in [6, 6.07) is 22.2. The Morgan fingerprint density at radius 3 is 2.23 bits per heavy atom. The van der Waals surface area contributed by atoms with E-state index >= 15 is 0 Å². The van der Waals surface area contributed by atoms with Crippen molar-refractivity contribution < 1.29 is 22.7 Å². The maximum absolute atomic E-state index is 13.2. The lowest BCUT2D eigenvalue weighted by atomic mass is 10.00. The van der Waals surface area contributed by atoms with Gasteiger partial charge in [-0.1, -0.05) is 74.5 Å². The highest BCUT2D eigenvalue weighted by Crippen LogP contribution is 2.29. The molecule has 9 heteroatoms. The van der Waals surface area contributed by atoms with Crippen LogP contribution in [0.1, 0.15) is 57.9 Å². The summed E-state index contributed by atoms with van der Waals surface area (Å²) in [5, 5.41) is 4.65. The van der Waals surface area contributed by atoms with Gasteiger partial charge in [0.15, 0.2) is 0 Å². The van der Waals surface area contributed by atoms with E-state index in [0.717, 1.165) is 17.7 Å². The minimum atomic E-state index is -4.14. The molecule has 1 heterocycles. The Bertz CT molecular complexity index is 1580. The number of methoxy groups -OCH3 is 1. The third-order valence-electron chi connectivity index (χ3n) is 6.37. The molecule has 1 aromatic heterocycles. The van der Waals surface area contributed by atoms with E-state index in [4.69, 9.17) is 4.74 Å². The minimum Gasteiger partial charge on any atom is -0.465 e. The van der Waals surface area contributed by atoms with Crippen molar-refractivity contribution in [3.63, 3.8) is 0 Å². The average Bonchev–Trinajstić information content (AvgIpc) is 3.30. The van der Waals surface area contributed by atoms with E-state index < -0.39 is 21.9 Å². The van der Waals surface area contributed by atoms with Crippen molar-refractivity contribution in [2.45, 2.75) is 44.6 Å². The van der Waals surface area contributed by atoms with Crippen LogP contribution in [0.5, 0.6) is 0 Å². The fourth-order valence-corrected chi connectivity index (χ4v) is 5.68. The number of nitrogens with one attached hydrogen (secondary N) is 1. The zero-order valence-corrected chi connectivity index (χ0v) is 23.0. The minimum absolute atomic E-state index is 0.00335. The van der Waals surface area contributed by atoms with Crippen LogP contribution >= 0.6 is 0 Å². The standard InChI is InChI=1S/C30H31N3O5S/c1-4-19-33-26(28(30(35)38-3)25(5-2)31-33)20-21-15-17-22(18-16-21)24-13-9-10-14-27(24)39(36,37)32-29(34)23-11-7-6-8-12-23/h6-18H,4-5,19-20H2,1-3H3,(H,32,34). The highest BCUT2D eigenvalue weighted by molar-refractivity contribution is 7.90. The van der Waals surface area contributed by atoms with Crippen LogP contribution in [0.15, 0.2) is 83.8 Å². The largest absolute Gasteiger partial charge is 0.465 e. The summed E-state index contributed by atoms with van der Waals surface area (Å²) in [5.41, 5.74) is 4.33. The SMILES string of the molecule is CCCn1nc(CC)c(C(=O)OC)c1Cc1ccc(-c2ccccc2S(=O)(=O)NC(=O)c2ccccc2)cc1. The number of ether oxygens (including phenoxy) is 1. The zero-order chi connectivity index (χ0) is 28.0. The Kier molecular flexibility index (Phi) is 8.61. The number of carbonyl (C=O) groups excluding carboxylic acids is 2. The molecular formula is C30H31N3O5S. The molecule has 0 aliphatic carbocycles. The molecule has 3 aromatic carbocycles. The monoisotopic (exact) mass is 545 g/mol. The third kappa shape index (κ3) is 6.09. The normalized spacial score (nSPS) is 11.3. The first kappa shape index (κ1) is 27.8. The van der Waals surface area contributed by atoms with Crippen LogP contribution in [0.4, 0.5) is 0 Å². The Labute approximate surface area is 228 Å². The molecule has 0 saturated heterocycles. The fourth-order valence-electron chi connectivity index (χ4n) is 4.47. The average molecular weight is 546 g/mol. The van der Waals surface area contributed by atoms with E-state index in [9.17, 15) is 18.0 Å². The number of benzene rings is 3. The summed E-state index contributed by atoms with van der Waals surface area (Å²) in [6.07, 6.45) is 1.94. The highest BCUT2D eigenvalue weighted by Gasteiger charge is 2.24. The molecule has 0 bridgehead atoms. The molecular weight excluding hydrogens is 514 g/mol. The molecule has 8 nitrogen and oxygen atoms in total.